The van der Waals surface area contributed by atoms with Crippen molar-refractivity contribution in [1.82, 2.24) is 9.71 Å². The van der Waals surface area contributed by atoms with Crippen molar-refractivity contribution in [2.75, 3.05) is 0 Å². The third-order valence-electron chi connectivity index (χ3n) is 2.63. The summed E-state index contributed by atoms with van der Waals surface area (Å²) in [5.74, 6) is 0. The molecular formula is C13H13BrN2O2S. The van der Waals surface area contributed by atoms with Gasteiger partial charge in [-0.1, -0.05) is 22.0 Å². The number of aryl methyl sites for hydroxylation is 1. The maximum Gasteiger partial charge on any atom is 0.240 e. The summed E-state index contributed by atoms with van der Waals surface area (Å²) in [4.78, 5) is 4.20. The molecule has 0 saturated carbocycles. The normalized spacial score (nSPS) is 11.5. The molecule has 0 aliphatic carbocycles. The van der Waals surface area contributed by atoms with Gasteiger partial charge in [0.2, 0.25) is 10.0 Å². The number of nitrogens with one attached hydrogen (secondary N) is 1. The molecule has 0 aliphatic rings. The number of aromatic nitrogens is 1. The number of hydrogen-bond donors (Lipinski definition) is 1. The van der Waals surface area contributed by atoms with Crippen LogP contribution in [0, 0.1) is 6.92 Å². The second-order valence-electron chi connectivity index (χ2n) is 4.10. The van der Waals surface area contributed by atoms with Crippen LogP contribution < -0.4 is 4.72 Å². The molecule has 0 spiro atoms. The summed E-state index contributed by atoms with van der Waals surface area (Å²) in [6.07, 6.45) is 3.28. The molecule has 0 amide bonds. The first kappa shape index (κ1) is 14.2. The van der Waals surface area contributed by atoms with E-state index in [0.717, 1.165) is 15.6 Å². The summed E-state index contributed by atoms with van der Waals surface area (Å²) >= 11 is 3.35. The summed E-state index contributed by atoms with van der Waals surface area (Å²) in [5, 5.41) is 0. The van der Waals surface area contributed by atoms with Crippen LogP contribution >= 0.6 is 15.9 Å². The number of halogens is 1. The van der Waals surface area contributed by atoms with Crippen LogP contribution in [0.2, 0.25) is 0 Å². The Labute approximate surface area is 121 Å². The lowest BCUT2D eigenvalue weighted by Gasteiger charge is -2.08. The molecular weight excluding hydrogens is 328 g/mol. The van der Waals surface area contributed by atoms with Crippen molar-refractivity contribution in [1.29, 1.82) is 0 Å². The van der Waals surface area contributed by atoms with Gasteiger partial charge in [0.15, 0.2) is 0 Å². The van der Waals surface area contributed by atoms with Gasteiger partial charge in [0.05, 0.1) is 4.90 Å². The number of sulfonamides is 1. The number of benzene rings is 1. The predicted octanol–water partition coefficient (Wildman–Crippen LogP) is 2.63. The van der Waals surface area contributed by atoms with E-state index in [4.69, 9.17) is 0 Å². The van der Waals surface area contributed by atoms with Crippen LogP contribution in [0.1, 0.15) is 11.1 Å². The number of pyridine rings is 1. The van der Waals surface area contributed by atoms with Gasteiger partial charge in [-0.05, 0) is 42.3 Å². The lowest BCUT2D eigenvalue weighted by molar-refractivity contribution is 0.581. The van der Waals surface area contributed by atoms with E-state index in [0.29, 0.717) is 0 Å². The van der Waals surface area contributed by atoms with Gasteiger partial charge in [-0.15, -0.1) is 0 Å². The fraction of sp³-hybridized carbons (Fsp3) is 0.154. The van der Waals surface area contributed by atoms with Crippen molar-refractivity contribution in [3.63, 3.8) is 0 Å². The quantitative estimate of drug-likeness (QED) is 0.930. The minimum absolute atomic E-state index is 0.227. The largest absolute Gasteiger partial charge is 0.264 e. The van der Waals surface area contributed by atoms with Crippen LogP contribution in [-0.2, 0) is 16.6 Å². The Morgan fingerprint density at radius 3 is 2.74 bits per heavy atom. The molecule has 0 saturated heterocycles. The van der Waals surface area contributed by atoms with Gasteiger partial charge < -0.3 is 0 Å². The Kier molecular flexibility index (Phi) is 4.34. The van der Waals surface area contributed by atoms with E-state index in [1.54, 1.807) is 36.7 Å². The van der Waals surface area contributed by atoms with Gasteiger partial charge in [0.1, 0.15) is 0 Å². The van der Waals surface area contributed by atoms with E-state index in [2.05, 4.69) is 25.6 Å². The molecule has 1 aromatic carbocycles. The van der Waals surface area contributed by atoms with Crippen molar-refractivity contribution in [3.8, 4) is 0 Å². The van der Waals surface area contributed by atoms with Crippen molar-refractivity contribution in [2.45, 2.75) is 18.4 Å². The Hall–Kier alpha value is -1.24. The SMILES string of the molecule is Cc1cc(S(=O)(=O)NCc2cccnc2)ccc1Br. The van der Waals surface area contributed by atoms with Crippen molar-refractivity contribution < 1.29 is 8.42 Å². The van der Waals surface area contributed by atoms with E-state index in [1.165, 1.54) is 0 Å². The molecule has 19 heavy (non-hydrogen) atoms. The number of rotatable bonds is 4. The Morgan fingerprint density at radius 1 is 1.32 bits per heavy atom. The van der Waals surface area contributed by atoms with Crippen LogP contribution in [0.3, 0.4) is 0 Å². The molecule has 0 atom stereocenters. The molecule has 0 unspecified atom stereocenters. The van der Waals surface area contributed by atoms with Gasteiger partial charge in [-0.2, -0.15) is 0 Å². The monoisotopic (exact) mass is 340 g/mol. The fourth-order valence-electron chi connectivity index (χ4n) is 1.55. The third-order valence-corrected chi connectivity index (χ3v) is 4.92. The van der Waals surface area contributed by atoms with Gasteiger partial charge in [-0.3, -0.25) is 4.98 Å². The molecule has 0 fully saturated rings. The highest BCUT2D eigenvalue weighted by atomic mass is 79.9. The molecule has 0 bridgehead atoms. The molecule has 1 N–H and O–H groups in total. The van der Waals surface area contributed by atoms with Crippen molar-refractivity contribution in [3.05, 3.63) is 58.3 Å². The van der Waals surface area contributed by atoms with Gasteiger partial charge in [0, 0.05) is 23.4 Å². The molecule has 2 aromatic rings. The summed E-state index contributed by atoms with van der Waals surface area (Å²) in [6, 6.07) is 8.53. The zero-order valence-corrected chi connectivity index (χ0v) is 12.7. The first-order valence-electron chi connectivity index (χ1n) is 5.64. The van der Waals surface area contributed by atoms with E-state index >= 15 is 0 Å². The molecule has 0 aliphatic heterocycles. The Balaban J connectivity index is 2.16. The lowest BCUT2D eigenvalue weighted by Crippen LogP contribution is -2.23. The van der Waals surface area contributed by atoms with Crippen molar-refractivity contribution in [2.24, 2.45) is 0 Å². The highest BCUT2D eigenvalue weighted by Crippen LogP contribution is 2.20. The van der Waals surface area contributed by atoms with E-state index in [9.17, 15) is 8.42 Å². The maximum atomic E-state index is 12.1. The Morgan fingerprint density at radius 2 is 2.11 bits per heavy atom. The predicted molar refractivity (Wildman–Crippen MR) is 77.1 cm³/mol. The molecule has 4 nitrogen and oxygen atoms in total. The average Bonchev–Trinajstić information content (AvgIpc) is 2.41. The molecule has 6 heteroatoms. The summed E-state index contributed by atoms with van der Waals surface area (Å²) in [6.45, 7) is 2.08. The smallest absolute Gasteiger partial charge is 0.240 e. The standard InChI is InChI=1S/C13H13BrN2O2S/c1-10-7-12(4-5-13(10)14)19(17,18)16-9-11-3-2-6-15-8-11/h2-8,16H,9H2,1H3. The van der Waals surface area contributed by atoms with E-state index < -0.39 is 10.0 Å². The van der Waals surface area contributed by atoms with Crippen LogP contribution in [0.4, 0.5) is 0 Å². The average molecular weight is 341 g/mol. The molecule has 100 valence electrons. The van der Waals surface area contributed by atoms with Crippen LogP contribution in [0.25, 0.3) is 0 Å². The van der Waals surface area contributed by atoms with Crippen LogP contribution in [-0.4, -0.2) is 13.4 Å². The topological polar surface area (TPSA) is 59.1 Å². The highest BCUT2D eigenvalue weighted by molar-refractivity contribution is 9.10. The zero-order chi connectivity index (χ0) is 13.9. The summed E-state index contributed by atoms with van der Waals surface area (Å²) < 4.78 is 27.7. The lowest BCUT2D eigenvalue weighted by atomic mass is 10.2. The number of nitrogens with zero attached hydrogens (tertiary/aromatic N) is 1. The first-order valence-corrected chi connectivity index (χ1v) is 7.91. The molecule has 1 heterocycles. The summed E-state index contributed by atoms with van der Waals surface area (Å²) in [7, 11) is -3.50. The van der Waals surface area contributed by atoms with E-state index in [-0.39, 0.29) is 11.4 Å². The second kappa shape index (κ2) is 5.81. The fourth-order valence-corrected chi connectivity index (χ4v) is 2.90. The van der Waals surface area contributed by atoms with Crippen LogP contribution in [0.15, 0.2) is 52.1 Å². The molecule has 0 radical (unpaired) electrons. The second-order valence-corrected chi connectivity index (χ2v) is 6.72. The van der Waals surface area contributed by atoms with Gasteiger partial charge >= 0.3 is 0 Å². The summed E-state index contributed by atoms with van der Waals surface area (Å²) in [5.41, 5.74) is 1.70. The highest BCUT2D eigenvalue weighted by Gasteiger charge is 2.14. The van der Waals surface area contributed by atoms with Crippen LogP contribution in [0.5, 0.6) is 0 Å². The van der Waals surface area contributed by atoms with Crippen molar-refractivity contribution >= 4 is 26.0 Å². The zero-order valence-electron chi connectivity index (χ0n) is 10.3. The first-order chi connectivity index (χ1) is 8.99. The van der Waals surface area contributed by atoms with Gasteiger partial charge in [-0.25, -0.2) is 13.1 Å². The van der Waals surface area contributed by atoms with Gasteiger partial charge in [0.25, 0.3) is 0 Å². The minimum Gasteiger partial charge on any atom is -0.264 e. The third kappa shape index (κ3) is 3.62. The molecule has 1 aromatic heterocycles. The van der Waals surface area contributed by atoms with E-state index in [1.807, 2.05) is 13.0 Å². The maximum absolute atomic E-state index is 12.1. The molecule has 2 rings (SSSR count). The Bertz CT molecular complexity index is 672. The number of hydrogen-bond acceptors (Lipinski definition) is 3. The minimum atomic E-state index is -3.50.